The summed E-state index contributed by atoms with van der Waals surface area (Å²) in [4.78, 5) is 2.36. The summed E-state index contributed by atoms with van der Waals surface area (Å²) in [5, 5.41) is 0. The van der Waals surface area contributed by atoms with Crippen LogP contribution in [0.2, 0.25) is 0 Å². The Bertz CT molecular complexity index is 28.0. The standard InChI is InChI=1S/C2H3F3O/c3-1-2(4)6-5/h2H,1H2. The summed E-state index contributed by atoms with van der Waals surface area (Å²) in [7, 11) is 0. The highest BCUT2D eigenvalue weighted by Gasteiger charge is 2.01. The molecule has 1 unspecified atom stereocenters. The first kappa shape index (κ1) is 5.75. The van der Waals surface area contributed by atoms with Crippen LogP contribution in [0.4, 0.5) is 13.3 Å². The fourth-order valence-electron chi connectivity index (χ4n) is 0.0238. The fourth-order valence-corrected chi connectivity index (χ4v) is 0.0238. The van der Waals surface area contributed by atoms with E-state index in [0.717, 1.165) is 0 Å². The van der Waals surface area contributed by atoms with Crippen molar-refractivity contribution in [2.24, 2.45) is 0 Å². The van der Waals surface area contributed by atoms with Crippen LogP contribution in [0.15, 0.2) is 0 Å². The van der Waals surface area contributed by atoms with Crippen LogP contribution in [0, 0.1) is 0 Å². The summed E-state index contributed by atoms with van der Waals surface area (Å²) in [6.07, 6.45) is -2.40. The molecule has 0 heterocycles. The zero-order valence-corrected chi connectivity index (χ0v) is 2.83. The number of alkyl halides is 2. The van der Waals surface area contributed by atoms with Gasteiger partial charge in [0.05, 0.1) is 0 Å². The molecule has 0 saturated heterocycles. The van der Waals surface area contributed by atoms with Crippen LogP contribution in [0.25, 0.3) is 0 Å². The highest BCUT2D eigenvalue weighted by molar-refractivity contribution is 4.25. The van der Waals surface area contributed by atoms with Crippen LogP contribution >= 0.6 is 0 Å². The van der Waals surface area contributed by atoms with Gasteiger partial charge in [-0.2, -0.15) is 4.94 Å². The van der Waals surface area contributed by atoms with Gasteiger partial charge in [0.15, 0.2) is 0 Å². The Kier molecular flexibility index (Phi) is 2.84. The van der Waals surface area contributed by atoms with Gasteiger partial charge in [-0.3, -0.25) is 0 Å². The van der Waals surface area contributed by atoms with E-state index in [2.05, 4.69) is 4.94 Å². The van der Waals surface area contributed by atoms with E-state index in [-0.39, 0.29) is 0 Å². The first-order valence-corrected chi connectivity index (χ1v) is 1.28. The average Bonchev–Trinajstić information content (AvgIpc) is 1.65. The smallest absolute Gasteiger partial charge is 0.245 e. The van der Waals surface area contributed by atoms with Gasteiger partial charge in [0.1, 0.15) is 6.67 Å². The molecule has 0 bridgehead atoms. The first-order valence-electron chi connectivity index (χ1n) is 1.28. The zero-order chi connectivity index (χ0) is 4.99. The van der Waals surface area contributed by atoms with Gasteiger partial charge < -0.3 is 0 Å². The van der Waals surface area contributed by atoms with E-state index in [9.17, 15) is 13.3 Å². The second-order valence-corrected chi connectivity index (χ2v) is 0.653. The Morgan fingerprint density at radius 1 is 1.67 bits per heavy atom. The topological polar surface area (TPSA) is 9.23 Å². The molecule has 0 N–H and O–H groups in total. The third-order valence-corrected chi connectivity index (χ3v) is 0.218. The molecule has 0 amide bonds. The third kappa shape index (κ3) is 2.02. The van der Waals surface area contributed by atoms with Crippen molar-refractivity contribution in [2.45, 2.75) is 6.36 Å². The lowest BCUT2D eigenvalue weighted by Crippen LogP contribution is -2.00. The molecule has 0 aromatic rings. The van der Waals surface area contributed by atoms with E-state index in [1.165, 1.54) is 0 Å². The molecule has 0 spiro atoms. The number of hydrogen-bond acceptors (Lipinski definition) is 1. The summed E-state index contributed by atoms with van der Waals surface area (Å²) < 4.78 is 31.8. The lowest BCUT2D eigenvalue weighted by atomic mass is 10.8. The van der Waals surface area contributed by atoms with E-state index in [4.69, 9.17) is 0 Å². The van der Waals surface area contributed by atoms with E-state index >= 15 is 0 Å². The van der Waals surface area contributed by atoms with E-state index in [0.29, 0.717) is 0 Å². The molecule has 0 aliphatic heterocycles. The summed E-state index contributed by atoms with van der Waals surface area (Å²) >= 11 is 0. The summed E-state index contributed by atoms with van der Waals surface area (Å²) in [5.74, 6) is 0. The molecule has 4 heteroatoms. The van der Waals surface area contributed by atoms with Crippen LogP contribution < -0.4 is 0 Å². The summed E-state index contributed by atoms with van der Waals surface area (Å²) in [6.45, 7) is -1.43. The largest absolute Gasteiger partial charge is 0.264 e. The van der Waals surface area contributed by atoms with Gasteiger partial charge in [-0.15, -0.1) is 0 Å². The van der Waals surface area contributed by atoms with Crippen molar-refractivity contribution < 1.29 is 18.2 Å². The number of hydrogen-bond donors (Lipinski definition) is 0. The zero-order valence-electron chi connectivity index (χ0n) is 2.83. The summed E-state index contributed by atoms with van der Waals surface area (Å²) in [6, 6.07) is 0. The van der Waals surface area contributed by atoms with Gasteiger partial charge >= 0.3 is 0 Å². The van der Waals surface area contributed by atoms with Crippen LogP contribution in [0.5, 0.6) is 0 Å². The van der Waals surface area contributed by atoms with Crippen molar-refractivity contribution in [3.63, 3.8) is 0 Å². The second kappa shape index (κ2) is 2.96. The molecule has 6 heavy (non-hydrogen) atoms. The van der Waals surface area contributed by atoms with Crippen LogP contribution in [-0.4, -0.2) is 13.0 Å². The van der Waals surface area contributed by atoms with Gasteiger partial charge in [-0.05, 0) is 4.53 Å². The maximum atomic E-state index is 10.9. The molecule has 1 atom stereocenters. The van der Waals surface area contributed by atoms with Crippen molar-refractivity contribution in [2.75, 3.05) is 6.67 Å². The minimum atomic E-state index is -2.40. The molecular formula is C2H3F3O. The molecule has 38 valence electrons. The van der Waals surface area contributed by atoms with Gasteiger partial charge in [0, 0.05) is 0 Å². The molecule has 0 rings (SSSR count). The predicted octanol–water partition coefficient (Wildman–Crippen LogP) is 1.15. The van der Waals surface area contributed by atoms with Crippen molar-refractivity contribution in [1.82, 2.24) is 0 Å². The molecule has 0 saturated carbocycles. The monoisotopic (exact) mass is 100 g/mol. The number of rotatable bonds is 2. The lowest BCUT2D eigenvalue weighted by molar-refractivity contribution is -0.229. The Hall–Kier alpha value is -0.250. The van der Waals surface area contributed by atoms with Gasteiger partial charge in [0.2, 0.25) is 0 Å². The lowest BCUT2D eigenvalue weighted by Gasteiger charge is -1.88. The third-order valence-electron chi connectivity index (χ3n) is 0.218. The Labute approximate surface area is 32.6 Å². The molecule has 0 fully saturated rings. The van der Waals surface area contributed by atoms with Gasteiger partial charge in [0.25, 0.3) is 6.36 Å². The van der Waals surface area contributed by atoms with E-state index in [1.807, 2.05) is 0 Å². The van der Waals surface area contributed by atoms with Crippen LogP contribution in [-0.2, 0) is 4.94 Å². The minimum absolute atomic E-state index is 1.43. The van der Waals surface area contributed by atoms with Gasteiger partial charge in [-0.1, -0.05) is 0 Å². The van der Waals surface area contributed by atoms with Crippen molar-refractivity contribution in [3.8, 4) is 0 Å². The molecule has 0 aliphatic carbocycles. The van der Waals surface area contributed by atoms with Crippen LogP contribution in [0.3, 0.4) is 0 Å². The average molecular weight is 100 g/mol. The maximum Gasteiger partial charge on any atom is 0.264 e. The van der Waals surface area contributed by atoms with Crippen molar-refractivity contribution in [1.29, 1.82) is 0 Å². The van der Waals surface area contributed by atoms with E-state index in [1.54, 1.807) is 0 Å². The molecule has 0 aliphatic rings. The fraction of sp³-hybridized carbons (Fsp3) is 1.00. The highest BCUT2D eigenvalue weighted by atomic mass is 19.3. The Balaban J connectivity index is 2.75. The van der Waals surface area contributed by atoms with E-state index < -0.39 is 13.0 Å². The molecule has 0 aromatic carbocycles. The van der Waals surface area contributed by atoms with Crippen molar-refractivity contribution >= 4 is 0 Å². The molecular weight excluding hydrogens is 97.0 g/mol. The predicted molar refractivity (Wildman–Crippen MR) is 13.1 cm³/mol. The van der Waals surface area contributed by atoms with Crippen LogP contribution in [0.1, 0.15) is 0 Å². The van der Waals surface area contributed by atoms with Gasteiger partial charge in [-0.25, -0.2) is 8.78 Å². The highest BCUT2D eigenvalue weighted by Crippen LogP contribution is 1.92. The summed E-state index contributed by atoms with van der Waals surface area (Å²) in [5.41, 5.74) is 0. The quantitative estimate of drug-likeness (QED) is 0.505. The maximum absolute atomic E-state index is 10.9. The normalized spacial score (nSPS) is 14.5. The minimum Gasteiger partial charge on any atom is -0.245 e. The van der Waals surface area contributed by atoms with Crippen molar-refractivity contribution in [3.05, 3.63) is 0 Å². The molecule has 0 radical (unpaired) electrons. The Morgan fingerprint density at radius 3 is 2.17 bits per heavy atom. The second-order valence-electron chi connectivity index (χ2n) is 0.653. The number of halogens is 3. The molecule has 1 nitrogen and oxygen atoms in total. The SMILES string of the molecule is FCC(F)OF. The Morgan fingerprint density at radius 2 is 2.17 bits per heavy atom. The first-order chi connectivity index (χ1) is 2.81. The molecule has 0 aromatic heterocycles.